The lowest BCUT2D eigenvalue weighted by Gasteiger charge is -2.16. The zero-order valence-electron chi connectivity index (χ0n) is 21.7. The summed E-state index contributed by atoms with van der Waals surface area (Å²) in [5.41, 5.74) is 2.31. The molecule has 0 saturated carbocycles. The van der Waals surface area contributed by atoms with Gasteiger partial charge in [-0.25, -0.2) is 9.69 Å². The Morgan fingerprint density at radius 1 is 0.895 bits per heavy atom. The Morgan fingerprint density at radius 3 is 2.18 bits per heavy atom. The van der Waals surface area contributed by atoms with E-state index in [-0.39, 0.29) is 16.7 Å². The van der Waals surface area contributed by atoms with Crippen molar-refractivity contribution in [1.29, 1.82) is 0 Å². The molecule has 0 atom stereocenters. The van der Waals surface area contributed by atoms with Crippen LogP contribution in [0.15, 0.2) is 82.2 Å². The summed E-state index contributed by atoms with van der Waals surface area (Å²) < 4.78 is 16.0. The molecule has 0 fully saturated rings. The van der Waals surface area contributed by atoms with Crippen LogP contribution >= 0.6 is 11.8 Å². The average Bonchev–Trinajstić information content (AvgIpc) is 3.13. The molecule has 2 amide bonds. The first-order chi connectivity index (χ1) is 18.2. The monoisotopic (exact) mass is 532 g/mol. The number of nitrogens with zero attached hydrogens (tertiary/aromatic N) is 1. The van der Waals surface area contributed by atoms with E-state index in [1.807, 2.05) is 31.2 Å². The number of hydrogen-bond donors (Lipinski definition) is 1. The predicted molar refractivity (Wildman–Crippen MR) is 147 cm³/mol. The normalized spacial score (nSPS) is 13.3. The number of amides is 2. The second kappa shape index (κ2) is 11.4. The molecule has 38 heavy (non-hydrogen) atoms. The fourth-order valence-electron chi connectivity index (χ4n) is 3.75. The van der Waals surface area contributed by atoms with Crippen LogP contribution in [0, 0.1) is 6.92 Å². The van der Waals surface area contributed by atoms with Gasteiger partial charge in [0.15, 0.2) is 0 Å². The second-order valence-electron chi connectivity index (χ2n) is 8.76. The van der Waals surface area contributed by atoms with Gasteiger partial charge in [0.1, 0.15) is 22.1 Å². The Balaban J connectivity index is 1.72. The zero-order valence-corrected chi connectivity index (χ0v) is 22.5. The van der Waals surface area contributed by atoms with Crippen molar-refractivity contribution < 1.29 is 28.6 Å². The Morgan fingerprint density at radius 2 is 1.58 bits per heavy atom. The average molecular weight is 533 g/mol. The summed E-state index contributed by atoms with van der Waals surface area (Å²) in [7, 11) is 3.05. The van der Waals surface area contributed by atoms with Crippen molar-refractivity contribution in [2.24, 2.45) is 0 Å². The highest BCUT2D eigenvalue weighted by Gasteiger charge is 2.40. The van der Waals surface area contributed by atoms with E-state index in [1.165, 1.54) is 38.1 Å². The maximum absolute atomic E-state index is 13.7. The number of nitrogens with one attached hydrogen (secondary N) is 1. The van der Waals surface area contributed by atoms with Gasteiger partial charge in [-0.3, -0.25) is 9.59 Å². The van der Waals surface area contributed by atoms with Crippen LogP contribution in [-0.4, -0.2) is 38.1 Å². The molecule has 4 rings (SSSR count). The number of rotatable bonds is 9. The topological polar surface area (TPSA) is 94.2 Å². The third-order valence-electron chi connectivity index (χ3n) is 5.65. The SMILES string of the molecule is COc1ccc(OC)c(NC2=C(Sc3ccc(C)cc3)C(=O)N(c3ccc(C(=O)OC(C)C)cc3)C2=O)c1. The smallest absolute Gasteiger partial charge is 0.338 e. The number of ether oxygens (including phenoxy) is 3. The largest absolute Gasteiger partial charge is 0.497 e. The molecule has 0 aromatic heterocycles. The van der Waals surface area contributed by atoms with Gasteiger partial charge in [0.05, 0.1) is 37.3 Å². The molecule has 0 unspecified atom stereocenters. The predicted octanol–water partition coefficient (Wildman–Crippen LogP) is 5.57. The fraction of sp³-hybridized carbons (Fsp3) is 0.207. The summed E-state index contributed by atoms with van der Waals surface area (Å²) in [6.45, 7) is 5.50. The molecular formula is C29H28N2O6S. The van der Waals surface area contributed by atoms with E-state index < -0.39 is 17.8 Å². The van der Waals surface area contributed by atoms with E-state index in [4.69, 9.17) is 14.2 Å². The molecular weight excluding hydrogens is 504 g/mol. The number of carbonyl (C=O) groups is 3. The molecule has 3 aromatic rings. The summed E-state index contributed by atoms with van der Waals surface area (Å²) >= 11 is 1.19. The van der Waals surface area contributed by atoms with Crippen LogP contribution in [0.3, 0.4) is 0 Å². The minimum Gasteiger partial charge on any atom is -0.497 e. The lowest BCUT2D eigenvalue weighted by atomic mass is 10.2. The standard InChI is InChI=1S/C29H28N2O6S/c1-17(2)37-29(34)19-8-10-20(11-9-19)31-27(32)25(30-23-16-21(35-4)12-15-24(23)36-5)26(28(31)33)38-22-13-6-18(3)7-14-22/h6-17,30H,1-5H3. The molecule has 0 aliphatic carbocycles. The molecule has 1 N–H and O–H groups in total. The molecule has 1 aliphatic heterocycles. The number of anilines is 2. The van der Waals surface area contributed by atoms with Crippen molar-refractivity contribution >= 4 is 40.9 Å². The lowest BCUT2D eigenvalue weighted by Crippen LogP contribution is -2.32. The van der Waals surface area contributed by atoms with E-state index in [0.29, 0.717) is 28.4 Å². The first-order valence-electron chi connectivity index (χ1n) is 11.9. The molecule has 9 heteroatoms. The maximum atomic E-state index is 13.7. The highest BCUT2D eigenvalue weighted by Crippen LogP contribution is 2.39. The lowest BCUT2D eigenvalue weighted by molar-refractivity contribution is -0.120. The van der Waals surface area contributed by atoms with Crippen molar-refractivity contribution in [3.05, 3.63) is 88.5 Å². The number of benzene rings is 3. The third-order valence-corrected chi connectivity index (χ3v) is 6.74. The van der Waals surface area contributed by atoms with Crippen LogP contribution in [0.4, 0.5) is 11.4 Å². The van der Waals surface area contributed by atoms with Crippen LogP contribution in [0.25, 0.3) is 0 Å². The van der Waals surface area contributed by atoms with Gasteiger partial charge < -0.3 is 19.5 Å². The van der Waals surface area contributed by atoms with Gasteiger partial charge in [0, 0.05) is 11.0 Å². The van der Waals surface area contributed by atoms with Crippen LogP contribution in [0.1, 0.15) is 29.8 Å². The molecule has 196 valence electrons. The van der Waals surface area contributed by atoms with E-state index in [0.717, 1.165) is 15.4 Å². The van der Waals surface area contributed by atoms with Crippen LogP contribution in [-0.2, 0) is 14.3 Å². The number of thioether (sulfide) groups is 1. The number of carbonyl (C=O) groups excluding carboxylic acids is 3. The number of hydrogen-bond acceptors (Lipinski definition) is 8. The molecule has 1 aliphatic rings. The van der Waals surface area contributed by atoms with Crippen molar-refractivity contribution in [3.8, 4) is 11.5 Å². The Labute approximate surface area is 225 Å². The second-order valence-corrected chi connectivity index (χ2v) is 9.84. The minimum atomic E-state index is -0.535. The highest BCUT2D eigenvalue weighted by atomic mass is 32.2. The maximum Gasteiger partial charge on any atom is 0.338 e. The first kappa shape index (κ1) is 26.8. The molecule has 0 bridgehead atoms. The van der Waals surface area contributed by atoms with Gasteiger partial charge in [0.25, 0.3) is 11.8 Å². The van der Waals surface area contributed by atoms with E-state index in [9.17, 15) is 14.4 Å². The summed E-state index contributed by atoms with van der Waals surface area (Å²) in [4.78, 5) is 41.7. The van der Waals surface area contributed by atoms with Gasteiger partial charge in [-0.05, 0) is 69.3 Å². The fourth-order valence-corrected chi connectivity index (χ4v) is 4.68. The first-order valence-corrected chi connectivity index (χ1v) is 12.7. The van der Waals surface area contributed by atoms with Gasteiger partial charge >= 0.3 is 5.97 Å². The quantitative estimate of drug-likeness (QED) is 0.283. The highest BCUT2D eigenvalue weighted by molar-refractivity contribution is 8.04. The van der Waals surface area contributed by atoms with E-state index in [2.05, 4.69) is 5.32 Å². The van der Waals surface area contributed by atoms with E-state index >= 15 is 0 Å². The summed E-state index contributed by atoms with van der Waals surface area (Å²) in [5.74, 6) is -0.467. The molecule has 1 heterocycles. The zero-order chi connectivity index (χ0) is 27.4. The van der Waals surface area contributed by atoms with Crippen molar-refractivity contribution in [1.82, 2.24) is 0 Å². The summed E-state index contributed by atoms with van der Waals surface area (Å²) in [5, 5.41) is 3.12. The number of imide groups is 1. The Hall–Kier alpha value is -4.24. The molecule has 0 radical (unpaired) electrons. The van der Waals surface area contributed by atoms with Crippen molar-refractivity contribution in [3.63, 3.8) is 0 Å². The van der Waals surface area contributed by atoms with Crippen molar-refractivity contribution in [2.45, 2.75) is 31.8 Å². The van der Waals surface area contributed by atoms with Gasteiger partial charge in [-0.1, -0.05) is 29.5 Å². The molecule has 3 aromatic carbocycles. The third kappa shape index (κ3) is 5.68. The molecule has 8 nitrogen and oxygen atoms in total. The van der Waals surface area contributed by atoms with Gasteiger partial charge in [0.2, 0.25) is 0 Å². The number of esters is 1. The minimum absolute atomic E-state index is 0.107. The number of methoxy groups -OCH3 is 2. The Bertz CT molecular complexity index is 1400. The molecule has 0 saturated heterocycles. The van der Waals surface area contributed by atoms with Gasteiger partial charge in [-0.15, -0.1) is 0 Å². The number of aryl methyl sites for hydroxylation is 1. The van der Waals surface area contributed by atoms with Crippen LogP contribution < -0.4 is 19.7 Å². The molecule has 0 spiro atoms. The summed E-state index contributed by atoms with van der Waals surface area (Å²) in [6, 6.07) is 19.0. The Kier molecular flexibility index (Phi) is 8.07. The van der Waals surface area contributed by atoms with E-state index in [1.54, 1.807) is 44.2 Å². The van der Waals surface area contributed by atoms with Crippen LogP contribution in [0.2, 0.25) is 0 Å². The van der Waals surface area contributed by atoms with Crippen LogP contribution in [0.5, 0.6) is 11.5 Å². The summed E-state index contributed by atoms with van der Waals surface area (Å²) in [6.07, 6.45) is -0.267. The van der Waals surface area contributed by atoms with Crippen molar-refractivity contribution in [2.75, 3.05) is 24.4 Å². The van der Waals surface area contributed by atoms with Gasteiger partial charge in [-0.2, -0.15) is 0 Å².